The van der Waals surface area contributed by atoms with E-state index >= 15 is 0 Å². The lowest BCUT2D eigenvalue weighted by molar-refractivity contribution is 0.488. The van der Waals surface area contributed by atoms with Crippen molar-refractivity contribution in [1.29, 1.82) is 0 Å². The fraction of sp³-hybridized carbons (Fsp3) is 0.357. The summed E-state index contributed by atoms with van der Waals surface area (Å²) < 4.78 is 1.94. The maximum atomic E-state index is 6.01. The second-order valence-electron chi connectivity index (χ2n) is 4.37. The molecule has 1 unspecified atom stereocenters. The van der Waals surface area contributed by atoms with Gasteiger partial charge in [-0.2, -0.15) is 5.10 Å². The van der Waals surface area contributed by atoms with Gasteiger partial charge in [-0.1, -0.05) is 43.7 Å². The molecule has 0 saturated heterocycles. The third-order valence-corrected chi connectivity index (χ3v) is 2.93. The first-order chi connectivity index (χ1) is 8.22. The van der Waals surface area contributed by atoms with E-state index in [1.165, 1.54) is 5.56 Å². The van der Waals surface area contributed by atoms with Gasteiger partial charge in [-0.25, -0.2) is 4.68 Å². The summed E-state index contributed by atoms with van der Waals surface area (Å²) in [5.74, 6) is 0.741. The molecule has 0 spiro atoms. The number of aromatic nitrogens is 2. The van der Waals surface area contributed by atoms with E-state index in [2.05, 4.69) is 36.3 Å². The number of hydrogen-bond acceptors (Lipinski definition) is 2. The molecule has 17 heavy (non-hydrogen) atoms. The summed E-state index contributed by atoms with van der Waals surface area (Å²) in [6.07, 6.45) is 2.16. The van der Waals surface area contributed by atoms with Crippen LogP contribution in [0.15, 0.2) is 36.4 Å². The van der Waals surface area contributed by atoms with Crippen molar-refractivity contribution < 1.29 is 0 Å². The number of nitrogens with zero attached hydrogens (tertiary/aromatic N) is 2. The molecule has 2 N–H and O–H groups in total. The standard InChI is InChI=1S/C14H19N3/c1-3-7-13(12-8-5-4-6-9-12)17-14(15)10-11(2)16-17/h4-6,8-10,13H,3,7,15H2,1-2H3. The minimum absolute atomic E-state index is 0.245. The van der Waals surface area contributed by atoms with E-state index in [4.69, 9.17) is 5.73 Å². The minimum atomic E-state index is 0.245. The van der Waals surface area contributed by atoms with Crippen molar-refractivity contribution in [3.63, 3.8) is 0 Å². The molecule has 1 aromatic carbocycles. The van der Waals surface area contributed by atoms with Gasteiger partial charge < -0.3 is 5.73 Å². The number of nitrogen functional groups attached to an aromatic ring is 1. The Morgan fingerprint density at radius 1 is 1.29 bits per heavy atom. The second kappa shape index (κ2) is 5.04. The third-order valence-electron chi connectivity index (χ3n) is 2.93. The summed E-state index contributed by atoms with van der Waals surface area (Å²) in [5.41, 5.74) is 8.25. The zero-order valence-corrected chi connectivity index (χ0v) is 10.4. The van der Waals surface area contributed by atoms with Crippen LogP contribution in [-0.2, 0) is 0 Å². The molecule has 0 saturated carbocycles. The van der Waals surface area contributed by atoms with Crippen LogP contribution in [0.1, 0.15) is 37.1 Å². The Hall–Kier alpha value is -1.77. The van der Waals surface area contributed by atoms with Crippen LogP contribution in [0, 0.1) is 6.92 Å². The zero-order chi connectivity index (χ0) is 12.3. The number of anilines is 1. The van der Waals surface area contributed by atoms with Crippen molar-refractivity contribution in [2.24, 2.45) is 0 Å². The minimum Gasteiger partial charge on any atom is -0.384 e. The van der Waals surface area contributed by atoms with Crippen LogP contribution < -0.4 is 5.73 Å². The molecule has 90 valence electrons. The Morgan fingerprint density at radius 3 is 2.53 bits per heavy atom. The van der Waals surface area contributed by atoms with Gasteiger partial charge in [0.05, 0.1) is 11.7 Å². The maximum absolute atomic E-state index is 6.01. The molecule has 3 nitrogen and oxygen atoms in total. The number of aryl methyl sites for hydroxylation is 1. The largest absolute Gasteiger partial charge is 0.384 e. The van der Waals surface area contributed by atoms with Crippen LogP contribution in [-0.4, -0.2) is 9.78 Å². The van der Waals surface area contributed by atoms with Gasteiger partial charge >= 0.3 is 0 Å². The van der Waals surface area contributed by atoms with Crippen molar-refractivity contribution in [2.75, 3.05) is 5.73 Å². The predicted octanol–water partition coefficient (Wildman–Crippen LogP) is 3.16. The Labute approximate surface area is 102 Å². The van der Waals surface area contributed by atoms with Crippen molar-refractivity contribution in [2.45, 2.75) is 32.7 Å². The maximum Gasteiger partial charge on any atom is 0.122 e. The van der Waals surface area contributed by atoms with Crippen LogP contribution in [0.2, 0.25) is 0 Å². The van der Waals surface area contributed by atoms with Gasteiger partial charge in [0.2, 0.25) is 0 Å². The number of nitrogens with two attached hydrogens (primary N) is 1. The topological polar surface area (TPSA) is 43.8 Å². The monoisotopic (exact) mass is 229 g/mol. The Balaban J connectivity index is 2.39. The molecule has 1 aromatic heterocycles. The summed E-state index contributed by atoms with van der Waals surface area (Å²) in [7, 11) is 0. The molecule has 0 aliphatic carbocycles. The highest BCUT2D eigenvalue weighted by atomic mass is 15.3. The molecule has 0 fully saturated rings. The molecule has 0 aliphatic rings. The summed E-state index contributed by atoms with van der Waals surface area (Å²) in [6.45, 7) is 4.16. The van der Waals surface area contributed by atoms with E-state index in [0.717, 1.165) is 24.4 Å². The van der Waals surface area contributed by atoms with Gasteiger partial charge in [0.1, 0.15) is 5.82 Å². The molecule has 0 radical (unpaired) electrons. The molecule has 1 heterocycles. The van der Waals surface area contributed by atoms with E-state index < -0.39 is 0 Å². The average Bonchev–Trinajstić information content (AvgIpc) is 2.66. The number of hydrogen-bond donors (Lipinski definition) is 1. The van der Waals surface area contributed by atoms with Gasteiger partial charge in [-0.05, 0) is 18.9 Å². The fourth-order valence-electron chi connectivity index (χ4n) is 2.17. The van der Waals surface area contributed by atoms with Crippen LogP contribution >= 0.6 is 0 Å². The summed E-state index contributed by atoms with van der Waals surface area (Å²) >= 11 is 0. The smallest absolute Gasteiger partial charge is 0.122 e. The first kappa shape index (κ1) is 11.7. The highest BCUT2D eigenvalue weighted by molar-refractivity contribution is 5.33. The molecule has 2 aromatic rings. The lowest BCUT2D eigenvalue weighted by atomic mass is 10.0. The van der Waals surface area contributed by atoms with E-state index in [1.807, 2.05) is 23.7 Å². The van der Waals surface area contributed by atoms with Gasteiger partial charge in [-0.3, -0.25) is 0 Å². The first-order valence-electron chi connectivity index (χ1n) is 6.09. The SMILES string of the molecule is CCCC(c1ccccc1)n1nc(C)cc1N. The molecular formula is C14H19N3. The van der Waals surface area contributed by atoms with Crippen LogP contribution in [0.3, 0.4) is 0 Å². The van der Waals surface area contributed by atoms with Gasteiger partial charge in [-0.15, -0.1) is 0 Å². The Bertz CT molecular complexity index is 473. The van der Waals surface area contributed by atoms with Crippen molar-refractivity contribution in [1.82, 2.24) is 9.78 Å². The van der Waals surface area contributed by atoms with Crippen LogP contribution in [0.4, 0.5) is 5.82 Å². The summed E-state index contributed by atoms with van der Waals surface area (Å²) in [5, 5.41) is 4.50. The van der Waals surface area contributed by atoms with Crippen molar-refractivity contribution >= 4 is 5.82 Å². The average molecular weight is 229 g/mol. The first-order valence-corrected chi connectivity index (χ1v) is 6.09. The van der Waals surface area contributed by atoms with Crippen molar-refractivity contribution in [3.8, 4) is 0 Å². The van der Waals surface area contributed by atoms with Gasteiger partial charge in [0.15, 0.2) is 0 Å². The lowest BCUT2D eigenvalue weighted by Gasteiger charge is -2.18. The fourth-order valence-corrected chi connectivity index (χ4v) is 2.17. The third kappa shape index (κ3) is 2.49. The second-order valence-corrected chi connectivity index (χ2v) is 4.37. The molecular weight excluding hydrogens is 210 g/mol. The van der Waals surface area contributed by atoms with Crippen LogP contribution in [0.25, 0.3) is 0 Å². The number of benzene rings is 1. The van der Waals surface area contributed by atoms with Gasteiger partial charge in [0.25, 0.3) is 0 Å². The highest BCUT2D eigenvalue weighted by Crippen LogP contribution is 2.25. The van der Waals surface area contributed by atoms with Crippen LogP contribution in [0.5, 0.6) is 0 Å². The Morgan fingerprint density at radius 2 is 2.00 bits per heavy atom. The van der Waals surface area contributed by atoms with E-state index in [0.29, 0.717) is 0 Å². The van der Waals surface area contributed by atoms with Gasteiger partial charge in [0, 0.05) is 6.07 Å². The molecule has 0 bridgehead atoms. The van der Waals surface area contributed by atoms with E-state index in [9.17, 15) is 0 Å². The molecule has 0 amide bonds. The molecule has 1 atom stereocenters. The Kier molecular flexibility index (Phi) is 3.47. The summed E-state index contributed by atoms with van der Waals surface area (Å²) in [6, 6.07) is 12.6. The molecule has 0 aliphatic heterocycles. The van der Waals surface area contributed by atoms with E-state index in [-0.39, 0.29) is 6.04 Å². The normalized spacial score (nSPS) is 12.6. The summed E-state index contributed by atoms with van der Waals surface area (Å²) in [4.78, 5) is 0. The highest BCUT2D eigenvalue weighted by Gasteiger charge is 2.15. The molecule has 3 heteroatoms. The molecule has 2 rings (SSSR count). The zero-order valence-electron chi connectivity index (χ0n) is 10.4. The predicted molar refractivity (Wildman–Crippen MR) is 70.9 cm³/mol. The van der Waals surface area contributed by atoms with Crippen molar-refractivity contribution in [3.05, 3.63) is 47.7 Å². The lowest BCUT2D eigenvalue weighted by Crippen LogP contribution is -2.14. The van der Waals surface area contributed by atoms with E-state index in [1.54, 1.807) is 0 Å². The number of rotatable bonds is 4. The quantitative estimate of drug-likeness (QED) is 0.875.